The Labute approximate surface area is 157 Å². The van der Waals surface area contributed by atoms with E-state index >= 15 is 0 Å². The number of nitrogens with zero attached hydrogens (tertiary/aromatic N) is 2. The van der Waals surface area contributed by atoms with E-state index in [9.17, 15) is 13.6 Å². The van der Waals surface area contributed by atoms with Crippen LogP contribution in [0.25, 0.3) is 0 Å². The van der Waals surface area contributed by atoms with Crippen LogP contribution >= 0.6 is 11.6 Å². The average molecular weight is 391 g/mol. The summed E-state index contributed by atoms with van der Waals surface area (Å²) in [5.41, 5.74) is 11.5. The molecule has 2 aromatic carbocycles. The Hall–Kier alpha value is -3.46. The van der Waals surface area contributed by atoms with E-state index in [1.165, 1.54) is 12.4 Å². The van der Waals surface area contributed by atoms with Crippen molar-refractivity contribution in [2.45, 2.75) is 0 Å². The van der Waals surface area contributed by atoms with Gasteiger partial charge in [0.25, 0.3) is 5.91 Å². The second-order valence-electron chi connectivity index (χ2n) is 5.30. The highest BCUT2D eigenvalue weighted by atomic mass is 35.5. The van der Waals surface area contributed by atoms with Crippen molar-refractivity contribution < 1.29 is 13.6 Å². The highest BCUT2D eigenvalue weighted by molar-refractivity contribution is 6.33. The van der Waals surface area contributed by atoms with Crippen LogP contribution in [0.3, 0.4) is 0 Å². The van der Waals surface area contributed by atoms with Gasteiger partial charge in [-0.2, -0.15) is 0 Å². The van der Waals surface area contributed by atoms with E-state index in [-0.39, 0.29) is 33.6 Å². The molecule has 1 amide bonds. The quantitative estimate of drug-likeness (QED) is 0.497. The number of aromatic nitrogens is 2. The molecular formula is C17H13ClF2N6O. The molecule has 27 heavy (non-hydrogen) atoms. The molecule has 0 unspecified atom stereocenters. The standard InChI is InChI=1S/C17H13ClF2N6O/c18-11-4-2-1-3-10(11)17(27)26-25-16-14(21)15(22-8-23-16)24-9-5-6-12(19)13(20)7-9/h1-8H,21H2,(H,26,27)(H2,22,23,24,25). The molecule has 138 valence electrons. The first-order valence-electron chi connectivity index (χ1n) is 7.59. The van der Waals surface area contributed by atoms with Gasteiger partial charge in [-0.3, -0.25) is 15.6 Å². The van der Waals surface area contributed by atoms with E-state index in [0.29, 0.717) is 0 Å². The van der Waals surface area contributed by atoms with Crippen LogP contribution in [0.2, 0.25) is 5.02 Å². The van der Waals surface area contributed by atoms with Crippen LogP contribution in [0.15, 0.2) is 48.8 Å². The van der Waals surface area contributed by atoms with Crippen molar-refractivity contribution in [3.63, 3.8) is 0 Å². The van der Waals surface area contributed by atoms with Gasteiger partial charge in [0.15, 0.2) is 23.3 Å². The van der Waals surface area contributed by atoms with Gasteiger partial charge in [-0.15, -0.1) is 0 Å². The fourth-order valence-corrected chi connectivity index (χ4v) is 2.36. The zero-order valence-electron chi connectivity index (χ0n) is 13.6. The summed E-state index contributed by atoms with van der Waals surface area (Å²) in [5.74, 6) is -2.23. The summed E-state index contributed by atoms with van der Waals surface area (Å²) in [7, 11) is 0. The van der Waals surface area contributed by atoms with Gasteiger partial charge in [0.1, 0.15) is 12.0 Å². The lowest BCUT2D eigenvalue weighted by molar-refractivity contribution is 0.0962. The van der Waals surface area contributed by atoms with Crippen molar-refractivity contribution in [2.24, 2.45) is 0 Å². The molecule has 0 saturated heterocycles. The maximum Gasteiger partial charge on any atom is 0.271 e. The number of benzene rings is 2. The molecule has 0 saturated carbocycles. The summed E-state index contributed by atoms with van der Waals surface area (Å²) in [4.78, 5) is 20.0. The summed E-state index contributed by atoms with van der Waals surface area (Å²) in [6.07, 6.45) is 1.18. The summed E-state index contributed by atoms with van der Waals surface area (Å²) in [6, 6.07) is 9.76. The predicted octanol–water partition coefficient (Wildman–Crippen LogP) is 3.49. The average Bonchev–Trinajstić information content (AvgIpc) is 2.65. The van der Waals surface area contributed by atoms with Gasteiger partial charge in [-0.05, 0) is 24.3 Å². The van der Waals surface area contributed by atoms with Crippen molar-refractivity contribution in [3.05, 3.63) is 71.0 Å². The van der Waals surface area contributed by atoms with Crippen LogP contribution in [0, 0.1) is 11.6 Å². The molecule has 0 atom stereocenters. The minimum atomic E-state index is -1.02. The monoisotopic (exact) mass is 390 g/mol. The third-order valence-corrected chi connectivity index (χ3v) is 3.81. The maximum absolute atomic E-state index is 13.3. The number of halogens is 3. The van der Waals surface area contributed by atoms with Crippen molar-refractivity contribution in [2.75, 3.05) is 16.5 Å². The van der Waals surface area contributed by atoms with E-state index < -0.39 is 17.5 Å². The van der Waals surface area contributed by atoms with Gasteiger partial charge < -0.3 is 11.1 Å². The molecule has 0 aliphatic rings. The molecule has 0 spiro atoms. The fourth-order valence-electron chi connectivity index (χ4n) is 2.13. The summed E-state index contributed by atoms with van der Waals surface area (Å²) >= 11 is 5.97. The smallest absolute Gasteiger partial charge is 0.271 e. The first kappa shape index (κ1) is 18.3. The van der Waals surface area contributed by atoms with Crippen molar-refractivity contribution in [1.29, 1.82) is 0 Å². The van der Waals surface area contributed by atoms with E-state index in [2.05, 4.69) is 26.1 Å². The number of nitrogen functional groups attached to an aromatic ring is 1. The van der Waals surface area contributed by atoms with Gasteiger partial charge >= 0.3 is 0 Å². The topological polar surface area (TPSA) is 105 Å². The number of amides is 1. The summed E-state index contributed by atoms with van der Waals surface area (Å²) in [5, 5.41) is 3.04. The first-order chi connectivity index (χ1) is 13.0. The molecule has 3 rings (SSSR count). The lowest BCUT2D eigenvalue weighted by Gasteiger charge is -2.13. The summed E-state index contributed by atoms with van der Waals surface area (Å²) in [6.45, 7) is 0. The Bertz CT molecular complexity index is 1000. The number of hydrogen-bond acceptors (Lipinski definition) is 6. The number of hydrogen-bond donors (Lipinski definition) is 4. The second-order valence-corrected chi connectivity index (χ2v) is 5.70. The van der Waals surface area contributed by atoms with Gasteiger partial charge in [0.05, 0.1) is 10.6 Å². The number of hydrazine groups is 1. The molecule has 1 aromatic heterocycles. The molecular weight excluding hydrogens is 378 g/mol. The van der Waals surface area contributed by atoms with E-state index in [1.54, 1.807) is 24.3 Å². The van der Waals surface area contributed by atoms with Crippen molar-refractivity contribution >= 4 is 40.5 Å². The Morgan fingerprint density at radius 3 is 2.52 bits per heavy atom. The molecule has 3 aromatic rings. The van der Waals surface area contributed by atoms with Crippen LogP contribution in [0.1, 0.15) is 10.4 Å². The molecule has 7 nitrogen and oxygen atoms in total. The highest BCUT2D eigenvalue weighted by Gasteiger charge is 2.13. The lowest BCUT2D eigenvalue weighted by Crippen LogP contribution is -2.30. The zero-order valence-corrected chi connectivity index (χ0v) is 14.4. The third-order valence-electron chi connectivity index (χ3n) is 3.48. The molecule has 0 aliphatic carbocycles. The number of anilines is 4. The van der Waals surface area contributed by atoms with E-state index in [1.807, 2.05) is 0 Å². The minimum Gasteiger partial charge on any atom is -0.393 e. The van der Waals surface area contributed by atoms with Gasteiger partial charge in [0.2, 0.25) is 0 Å². The summed E-state index contributed by atoms with van der Waals surface area (Å²) < 4.78 is 26.3. The highest BCUT2D eigenvalue weighted by Crippen LogP contribution is 2.26. The van der Waals surface area contributed by atoms with Gasteiger partial charge in [0, 0.05) is 11.8 Å². The van der Waals surface area contributed by atoms with Crippen LogP contribution in [0.5, 0.6) is 0 Å². The maximum atomic E-state index is 13.3. The molecule has 0 bridgehead atoms. The molecule has 10 heteroatoms. The van der Waals surface area contributed by atoms with Gasteiger partial charge in [-0.25, -0.2) is 18.7 Å². The number of nitrogens with one attached hydrogen (secondary N) is 3. The molecule has 0 radical (unpaired) electrons. The number of carbonyl (C=O) groups excluding carboxylic acids is 1. The first-order valence-corrected chi connectivity index (χ1v) is 7.97. The molecule has 5 N–H and O–H groups in total. The molecule has 1 heterocycles. The van der Waals surface area contributed by atoms with Crippen LogP contribution in [-0.4, -0.2) is 15.9 Å². The van der Waals surface area contributed by atoms with E-state index in [4.69, 9.17) is 17.3 Å². The Morgan fingerprint density at radius 1 is 1.04 bits per heavy atom. The normalized spacial score (nSPS) is 10.3. The van der Waals surface area contributed by atoms with Crippen LogP contribution in [-0.2, 0) is 0 Å². The number of nitrogens with two attached hydrogens (primary N) is 1. The number of rotatable bonds is 5. The van der Waals surface area contributed by atoms with E-state index in [0.717, 1.165) is 12.1 Å². The van der Waals surface area contributed by atoms with Crippen molar-refractivity contribution in [3.8, 4) is 0 Å². The zero-order chi connectivity index (χ0) is 19.4. The molecule has 0 aliphatic heterocycles. The largest absolute Gasteiger partial charge is 0.393 e. The fraction of sp³-hybridized carbons (Fsp3) is 0. The van der Waals surface area contributed by atoms with Crippen molar-refractivity contribution in [1.82, 2.24) is 15.4 Å². The Morgan fingerprint density at radius 2 is 1.78 bits per heavy atom. The number of carbonyl (C=O) groups is 1. The Balaban J connectivity index is 1.74. The predicted molar refractivity (Wildman–Crippen MR) is 98.6 cm³/mol. The Kier molecular flexibility index (Phi) is 5.32. The second kappa shape index (κ2) is 7.83. The lowest BCUT2D eigenvalue weighted by atomic mass is 10.2. The minimum absolute atomic E-state index is 0.0571. The third kappa shape index (κ3) is 4.21. The van der Waals surface area contributed by atoms with Crippen LogP contribution in [0.4, 0.5) is 31.8 Å². The van der Waals surface area contributed by atoms with Crippen LogP contribution < -0.4 is 21.9 Å². The molecule has 0 fully saturated rings. The SMILES string of the molecule is Nc1c(NNC(=O)c2ccccc2Cl)ncnc1Nc1ccc(F)c(F)c1. The van der Waals surface area contributed by atoms with Gasteiger partial charge in [-0.1, -0.05) is 23.7 Å².